The summed E-state index contributed by atoms with van der Waals surface area (Å²) in [4.78, 5) is 14.1. The van der Waals surface area contributed by atoms with E-state index < -0.39 is 0 Å². The highest BCUT2D eigenvalue weighted by Crippen LogP contribution is 2.33. The molecule has 0 aliphatic carbocycles. The summed E-state index contributed by atoms with van der Waals surface area (Å²) in [6, 6.07) is 10.8. The molecule has 1 aromatic carbocycles. The molecule has 2 aromatic rings. The second kappa shape index (κ2) is 4.56. The molecule has 4 nitrogen and oxygen atoms in total. The van der Waals surface area contributed by atoms with E-state index in [1.165, 1.54) is 6.07 Å². The smallest absolute Gasteiger partial charge is 0.248 e. The van der Waals surface area contributed by atoms with Crippen LogP contribution in [-0.2, 0) is 0 Å². The van der Waals surface area contributed by atoms with E-state index in [1.807, 2.05) is 24.3 Å². The Morgan fingerprint density at radius 2 is 1.83 bits per heavy atom. The Labute approximate surface area is 104 Å². The third-order valence-electron chi connectivity index (χ3n) is 2.83. The lowest BCUT2D eigenvalue weighted by Crippen LogP contribution is -2.03. The highest BCUT2D eigenvalue weighted by Gasteiger charge is 2.11. The second-order valence-corrected chi connectivity index (χ2v) is 4.14. The molecule has 1 aliphatic rings. The van der Waals surface area contributed by atoms with Gasteiger partial charge >= 0.3 is 0 Å². The van der Waals surface area contributed by atoms with E-state index in [4.69, 9.17) is 9.47 Å². The molecule has 2 heterocycles. The van der Waals surface area contributed by atoms with Crippen LogP contribution in [0, 0.1) is 0 Å². The maximum absolute atomic E-state index is 11.3. The van der Waals surface area contributed by atoms with Crippen LogP contribution in [0.4, 0.5) is 0 Å². The fourth-order valence-corrected chi connectivity index (χ4v) is 1.95. The molecule has 0 bridgehead atoms. The van der Waals surface area contributed by atoms with Crippen LogP contribution in [0.15, 0.2) is 41.2 Å². The van der Waals surface area contributed by atoms with Crippen LogP contribution in [0.1, 0.15) is 6.42 Å². The lowest BCUT2D eigenvalue weighted by atomic mass is 10.1. The molecule has 0 saturated carbocycles. The molecule has 4 heteroatoms. The van der Waals surface area contributed by atoms with Gasteiger partial charge in [0.1, 0.15) is 0 Å². The van der Waals surface area contributed by atoms with Gasteiger partial charge in [0.2, 0.25) is 5.56 Å². The summed E-state index contributed by atoms with van der Waals surface area (Å²) < 4.78 is 11.2. The quantitative estimate of drug-likeness (QED) is 0.835. The van der Waals surface area contributed by atoms with Crippen LogP contribution in [0.2, 0.25) is 0 Å². The predicted molar refractivity (Wildman–Crippen MR) is 68.1 cm³/mol. The van der Waals surface area contributed by atoms with E-state index in [0.717, 1.165) is 29.2 Å². The van der Waals surface area contributed by atoms with E-state index in [-0.39, 0.29) is 5.56 Å². The summed E-state index contributed by atoms with van der Waals surface area (Å²) in [5, 5.41) is 0. The Balaban J connectivity index is 2.04. The number of ether oxygens (including phenoxy) is 2. The number of aromatic nitrogens is 1. The average molecular weight is 243 g/mol. The number of rotatable bonds is 1. The summed E-state index contributed by atoms with van der Waals surface area (Å²) in [7, 11) is 0. The zero-order valence-electron chi connectivity index (χ0n) is 9.81. The monoisotopic (exact) mass is 243 g/mol. The Morgan fingerprint density at radius 3 is 2.67 bits per heavy atom. The third kappa shape index (κ3) is 2.09. The fourth-order valence-electron chi connectivity index (χ4n) is 1.95. The van der Waals surface area contributed by atoms with Gasteiger partial charge in [-0.2, -0.15) is 0 Å². The van der Waals surface area contributed by atoms with Crippen molar-refractivity contribution in [2.24, 2.45) is 0 Å². The maximum Gasteiger partial charge on any atom is 0.248 e. The molecular weight excluding hydrogens is 230 g/mol. The molecule has 18 heavy (non-hydrogen) atoms. The van der Waals surface area contributed by atoms with Gasteiger partial charge in [-0.25, -0.2) is 0 Å². The van der Waals surface area contributed by atoms with Gasteiger partial charge in [0, 0.05) is 23.7 Å². The summed E-state index contributed by atoms with van der Waals surface area (Å²) in [5.41, 5.74) is 1.58. The Bertz CT molecular complexity index is 618. The van der Waals surface area contributed by atoms with Gasteiger partial charge in [0.05, 0.1) is 13.2 Å². The molecule has 0 amide bonds. The lowest BCUT2D eigenvalue weighted by Gasteiger charge is -2.09. The van der Waals surface area contributed by atoms with Crippen LogP contribution in [0.5, 0.6) is 11.5 Å². The van der Waals surface area contributed by atoms with Gasteiger partial charge in [-0.05, 0) is 24.3 Å². The van der Waals surface area contributed by atoms with Crippen LogP contribution in [0.3, 0.4) is 0 Å². The van der Waals surface area contributed by atoms with Gasteiger partial charge in [0.15, 0.2) is 11.5 Å². The topological polar surface area (TPSA) is 51.3 Å². The average Bonchev–Trinajstić information content (AvgIpc) is 2.63. The summed E-state index contributed by atoms with van der Waals surface area (Å²) >= 11 is 0. The minimum Gasteiger partial charge on any atom is -0.490 e. The van der Waals surface area contributed by atoms with Crippen molar-refractivity contribution < 1.29 is 9.47 Å². The number of aromatic amines is 1. The molecule has 92 valence electrons. The number of H-pyrrole nitrogens is 1. The summed E-state index contributed by atoms with van der Waals surface area (Å²) in [5.74, 6) is 1.49. The maximum atomic E-state index is 11.3. The third-order valence-corrected chi connectivity index (χ3v) is 2.83. The fraction of sp³-hybridized carbons (Fsp3) is 0.214. The molecule has 3 rings (SSSR count). The molecule has 0 radical (unpaired) electrons. The highest BCUT2D eigenvalue weighted by molar-refractivity contribution is 5.63. The van der Waals surface area contributed by atoms with E-state index in [0.29, 0.717) is 13.2 Å². The number of hydrogen-bond acceptors (Lipinski definition) is 3. The summed E-state index contributed by atoms with van der Waals surface area (Å²) in [6.07, 6.45) is 0.881. The van der Waals surface area contributed by atoms with Crippen LogP contribution >= 0.6 is 0 Å². The van der Waals surface area contributed by atoms with E-state index in [1.54, 1.807) is 6.07 Å². The Kier molecular flexibility index (Phi) is 2.76. The number of hydrogen-bond donors (Lipinski definition) is 1. The Morgan fingerprint density at radius 1 is 1.00 bits per heavy atom. The van der Waals surface area contributed by atoms with Crippen molar-refractivity contribution in [1.82, 2.24) is 4.98 Å². The highest BCUT2D eigenvalue weighted by atomic mass is 16.5. The molecule has 0 spiro atoms. The first-order valence-electron chi connectivity index (χ1n) is 5.92. The zero-order valence-corrected chi connectivity index (χ0v) is 9.81. The number of fused-ring (bicyclic) bond motifs is 1. The van der Waals surface area contributed by atoms with Gasteiger partial charge in [-0.3, -0.25) is 4.79 Å². The van der Waals surface area contributed by atoms with Crippen LogP contribution in [-0.4, -0.2) is 18.2 Å². The first-order chi connectivity index (χ1) is 8.83. The van der Waals surface area contributed by atoms with Crippen molar-refractivity contribution in [2.75, 3.05) is 13.2 Å². The van der Waals surface area contributed by atoms with Gasteiger partial charge < -0.3 is 14.5 Å². The molecule has 0 saturated heterocycles. The van der Waals surface area contributed by atoms with Crippen molar-refractivity contribution >= 4 is 0 Å². The lowest BCUT2D eigenvalue weighted by molar-refractivity contribution is 0.297. The van der Waals surface area contributed by atoms with Gasteiger partial charge in [-0.15, -0.1) is 0 Å². The van der Waals surface area contributed by atoms with Gasteiger partial charge in [0.25, 0.3) is 0 Å². The van der Waals surface area contributed by atoms with E-state index in [9.17, 15) is 4.79 Å². The van der Waals surface area contributed by atoms with Crippen molar-refractivity contribution in [3.8, 4) is 22.8 Å². The molecule has 1 aliphatic heterocycles. The van der Waals surface area contributed by atoms with Crippen LogP contribution < -0.4 is 15.0 Å². The molecule has 0 unspecified atom stereocenters. The van der Waals surface area contributed by atoms with Gasteiger partial charge in [-0.1, -0.05) is 6.07 Å². The normalized spacial score (nSPS) is 14.0. The number of nitrogens with one attached hydrogen (secondary N) is 1. The SMILES string of the molecule is O=c1cccc(-c2ccc3c(c2)OCCCO3)[nH]1. The van der Waals surface area contributed by atoms with Crippen molar-refractivity contribution in [1.29, 1.82) is 0 Å². The van der Waals surface area contributed by atoms with Crippen molar-refractivity contribution in [3.05, 3.63) is 46.8 Å². The number of pyridine rings is 1. The zero-order chi connectivity index (χ0) is 12.4. The van der Waals surface area contributed by atoms with Crippen molar-refractivity contribution in [3.63, 3.8) is 0 Å². The largest absolute Gasteiger partial charge is 0.490 e. The molecule has 0 fully saturated rings. The molecule has 1 aromatic heterocycles. The molecule has 1 N–H and O–H groups in total. The molecular formula is C14H13NO3. The summed E-state index contributed by atoms with van der Waals surface area (Å²) in [6.45, 7) is 1.33. The minimum atomic E-state index is -0.111. The van der Waals surface area contributed by atoms with E-state index >= 15 is 0 Å². The van der Waals surface area contributed by atoms with Crippen molar-refractivity contribution in [2.45, 2.75) is 6.42 Å². The standard InChI is InChI=1S/C14H13NO3/c16-14-4-1-3-11(15-14)10-5-6-12-13(9-10)18-8-2-7-17-12/h1,3-6,9H,2,7-8H2,(H,15,16). The second-order valence-electron chi connectivity index (χ2n) is 4.14. The predicted octanol–water partition coefficient (Wildman–Crippen LogP) is 2.20. The molecule has 0 atom stereocenters. The Hall–Kier alpha value is -2.23. The minimum absolute atomic E-state index is 0.111. The van der Waals surface area contributed by atoms with Crippen LogP contribution in [0.25, 0.3) is 11.3 Å². The number of benzene rings is 1. The van der Waals surface area contributed by atoms with E-state index in [2.05, 4.69) is 4.98 Å². The first-order valence-corrected chi connectivity index (χ1v) is 5.92. The first kappa shape index (κ1) is 10.9.